The Balaban J connectivity index is 1.86. The van der Waals surface area contributed by atoms with Crippen LogP contribution in [0, 0.1) is 0 Å². The van der Waals surface area contributed by atoms with E-state index in [2.05, 4.69) is 0 Å². The zero-order valence-corrected chi connectivity index (χ0v) is 16.0. The third-order valence-corrected chi connectivity index (χ3v) is 4.22. The van der Waals surface area contributed by atoms with Gasteiger partial charge in [0.1, 0.15) is 11.5 Å². The van der Waals surface area contributed by atoms with Gasteiger partial charge in [-0.3, -0.25) is 9.59 Å². The standard InChI is InChI=1S/C22H23NO5/c1-3-12-27-17-10-8-15(9-11-17)19-20(24)22(26)23(21(19)25)16-6-5-7-18(14-16)28-13-4-2/h5-11,14,24H,3-4,12-13H2,1-2H3. The van der Waals surface area contributed by atoms with Gasteiger partial charge in [-0.25, -0.2) is 4.90 Å². The summed E-state index contributed by atoms with van der Waals surface area (Å²) < 4.78 is 11.1. The summed E-state index contributed by atoms with van der Waals surface area (Å²) in [6.07, 6.45) is 1.73. The number of rotatable bonds is 8. The summed E-state index contributed by atoms with van der Waals surface area (Å²) in [5, 5.41) is 10.3. The number of imide groups is 1. The maximum Gasteiger partial charge on any atom is 0.301 e. The maximum absolute atomic E-state index is 12.9. The van der Waals surface area contributed by atoms with Gasteiger partial charge in [-0.2, -0.15) is 0 Å². The van der Waals surface area contributed by atoms with E-state index in [1.165, 1.54) is 0 Å². The highest BCUT2D eigenvalue weighted by Gasteiger charge is 2.40. The molecule has 6 heteroatoms. The largest absolute Gasteiger partial charge is 0.502 e. The molecule has 0 aromatic heterocycles. The number of nitrogens with zero attached hydrogens (tertiary/aromatic N) is 1. The lowest BCUT2D eigenvalue weighted by Crippen LogP contribution is -2.31. The van der Waals surface area contributed by atoms with E-state index >= 15 is 0 Å². The van der Waals surface area contributed by atoms with Crippen molar-refractivity contribution in [2.75, 3.05) is 18.1 Å². The van der Waals surface area contributed by atoms with Crippen molar-refractivity contribution in [1.82, 2.24) is 0 Å². The van der Waals surface area contributed by atoms with E-state index in [4.69, 9.17) is 9.47 Å². The number of aliphatic hydroxyl groups is 1. The summed E-state index contributed by atoms with van der Waals surface area (Å²) >= 11 is 0. The zero-order valence-electron chi connectivity index (χ0n) is 16.0. The molecule has 1 heterocycles. The predicted octanol–water partition coefficient (Wildman–Crippen LogP) is 4.11. The molecule has 2 aromatic rings. The van der Waals surface area contributed by atoms with Crippen LogP contribution in [0.15, 0.2) is 54.3 Å². The molecule has 3 rings (SSSR count). The molecule has 0 aliphatic carbocycles. The first-order chi connectivity index (χ1) is 13.6. The number of hydrogen-bond acceptors (Lipinski definition) is 5. The smallest absolute Gasteiger partial charge is 0.301 e. The van der Waals surface area contributed by atoms with Gasteiger partial charge in [0, 0.05) is 6.07 Å². The number of aliphatic hydroxyl groups excluding tert-OH is 1. The van der Waals surface area contributed by atoms with Gasteiger partial charge in [0.15, 0.2) is 5.76 Å². The van der Waals surface area contributed by atoms with E-state index in [-0.39, 0.29) is 5.57 Å². The van der Waals surface area contributed by atoms with Crippen LogP contribution >= 0.6 is 0 Å². The summed E-state index contributed by atoms with van der Waals surface area (Å²) in [6, 6.07) is 13.5. The van der Waals surface area contributed by atoms with E-state index in [1.807, 2.05) is 13.8 Å². The lowest BCUT2D eigenvalue weighted by Gasteiger charge is -2.16. The number of amides is 2. The predicted molar refractivity (Wildman–Crippen MR) is 106 cm³/mol. The SMILES string of the molecule is CCCOc1ccc(C2=C(O)C(=O)N(c3cccc(OCCC)c3)C2=O)cc1. The molecule has 0 unspecified atom stereocenters. The van der Waals surface area contributed by atoms with Crippen molar-refractivity contribution in [3.63, 3.8) is 0 Å². The van der Waals surface area contributed by atoms with Crippen molar-refractivity contribution < 1.29 is 24.2 Å². The van der Waals surface area contributed by atoms with Crippen molar-refractivity contribution in [2.45, 2.75) is 26.7 Å². The summed E-state index contributed by atoms with van der Waals surface area (Å²) in [5.41, 5.74) is 0.792. The molecule has 1 N–H and O–H groups in total. The summed E-state index contributed by atoms with van der Waals surface area (Å²) in [5.74, 6) is -0.658. The number of benzene rings is 2. The Morgan fingerprint density at radius 2 is 1.50 bits per heavy atom. The molecule has 0 atom stereocenters. The van der Waals surface area contributed by atoms with Gasteiger partial charge in [0.05, 0.1) is 24.5 Å². The van der Waals surface area contributed by atoms with Crippen molar-refractivity contribution in [1.29, 1.82) is 0 Å². The van der Waals surface area contributed by atoms with Crippen LogP contribution in [0.4, 0.5) is 5.69 Å². The average Bonchev–Trinajstić information content (AvgIpc) is 2.94. The normalized spacial score (nSPS) is 14.0. The minimum Gasteiger partial charge on any atom is -0.502 e. The third kappa shape index (κ3) is 3.86. The number of carbonyl (C=O) groups excluding carboxylic acids is 2. The molecular weight excluding hydrogens is 358 g/mol. The monoisotopic (exact) mass is 381 g/mol. The van der Waals surface area contributed by atoms with Gasteiger partial charge in [-0.1, -0.05) is 32.0 Å². The first-order valence-electron chi connectivity index (χ1n) is 9.35. The Kier molecular flexibility index (Phi) is 5.99. The molecule has 0 radical (unpaired) electrons. The summed E-state index contributed by atoms with van der Waals surface area (Å²) in [6.45, 7) is 5.13. The zero-order chi connectivity index (χ0) is 20.1. The van der Waals surface area contributed by atoms with Gasteiger partial charge in [-0.15, -0.1) is 0 Å². The van der Waals surface area contributed by atoms with Crippen LogP contribution in [-0.4, -0.2) is 30.1 Å². The second-order valence-electron chi connectivity index (χ2n) is 6.39. The van der Waals surface area contributed by atoms with Crippen LogP contribution in [0.1, 0.15) is 32.3 Å². The van der Waals surface area contributed by atoms with E-state index in [0.29, 0.717) is 36.0 Å². The first-order valence-corrected chi connectivity index (χ1v) is 9.35. The summed E-state index contributed by atoms with van der Waals surface area (Å²) in [7, 11) is 0. The highest BCUT2D eigenvalue weighted by molar-refractivity contribution is 6.44. The molecular formula is C22H23NO5. The fourth-order valence-corrected chi connectivity index (χ4v) is 2.88. The Hall–Kier alpha value is -3.28. The second-order valence-corrected chi connectivity index (χ2v) is 6.39. The van der Waals surface area contributed by atoms with E-state index in [0.717, 1.165) is 17.7 Å². The lowest BCUT2D eigenvalue weighted by atomic mass is 10.1. The second kappa shape index (κ2) is 8.61. The number of hydrogen-bond donors (Lipinski definition) is 1. The summed E-state index contributed by atoms with van der Waals surface area (Å²) in [4.78, 5) is 26.5. The molecule has 0 bridgehead atoms. The molecule has 1 aliphatic rings. The molecule has 28 heavy (non-hydrogen) atoms. The van der Waals surface area contributed by atoms with Crippen molar-refractivity contribution in [3.8, 4) is 11.5 Å². The minimum atomic E-state index is -0.751. The fourth-order valence-electron chi connectivity index (χ4n) is 2.88. The highest BCUT2D eigenvalue weighted by atomic mass is 16.5. The Bertz CT molecular complexity index is 901. The topological polar surface area (TPSA) is 76.1 Å². The van der Waals surface area contributed by atoms with Crippen LogP contribution in [0.25, 0.3) is 5.57 Å². The maximum atomic E-state index is 12.9. The van der Waals surface area contributed by atoms with Crippen LogP contribution in [0.3, 0.4) is 0 Å². The van der Waals surface area contributed by atoms with Crippen LogP contribution < -0.4 is 14.4 Å². The molecule has 0 spiro atoms. The highest BCUT2D eigenvalue weighted by Crippen LogP contribution is 2.33. The molecule has 0 saturated heterocycles. The number of ether oxygens (including phenoxy) is 2. The first kappa shape index (κ1) is 19.5. The van der Waals surface area contributed by atoms with Crippen LogP contribution in [0.2, 0.25) is 0 Å². The third-order valence-electron chi connectivity index (χ3n) is 4.22. The van der Waals surface area contributed by atoms with Gasteiger partial charge >= 0.3 is 5.91 Å². The van der Waals surface area contributed by atoms with E-state index < -0.39 is 17.6 Å². The molecule has 146 valence electrons. The van der Waals surface area contributed by atoms with Crippen molar-refractivity contribution >= 4 is 23.1 Å². The molecule has 1 aliphatic heterocycles. The fraction of sp³-hybridized carbons (Fsp3) is 0.273. The lowest BCUT2D eigenvalue weighted by molar-refractivity contribution is -0.121. The number of carbonyl (C=O) groups is 2. The molecule has 0 fully saturated rings. The van der Waals surface area contributed by atoms with Crippen LogP contribution in [0.5, 0.6) is 11.5 Å². The van der Waals surface area contributed by atoms with E-state index in [9.17, 15) is 14.7 Å². The van der Waals surface area contributed by atoms with Gasteiger partial charge < -0.3 is 14.6 Å². The molecule has 0 saturated carbocycles. The van der Waals surface area contributed by atoms with Crippen molar-refractivity contribution in [3.05, 3.63) is 59.9 Å². The van der Waals surface area contributed by atoms with Gasteiger partial charge in [-0.05, 0) is 42.7 Å². The molecule has 2 amide bonds. The quantitative estimate of drug-likeness (QED) is 0.697. The van der Waals surface area contributed by atoms with Crippen LogP contribution in [-0.2, 0) is 9.59 Å². The Morgan fingerprint density at radius 3 is 2.14 bits per heavy atom. The average molecular weight is 381 g/mol. The Labute approximate surface area is 164 Å². The van der Waals surface area contributed by atoms with Gasteiger partial charge in [0.2, 0.25) is 0 Å². The molecule has 2 aromatic carbocycles. The van der Waals surface area contributed by atoms with E-state index in [1.54, 1.807) is 48.5 Å². The minimum absolute atomic E-state index is 0.0214. The van der Waals surface area contributed by atoms with Crippen molar-refractivity contribution in [2.24, 2.45) is 0 Å². The Morgan fingerprint density at radius 1 is 0.857 bits per heavy atom. The molecule has 6 nitrogen and oxygen atoms in total. The van der Waals surface area contributed by atoms with Gasteiger partial charge in [0.25, 0.3) is 5.91 Å². The number of anilines is 1.